The number of para-hydroxylation sites is 1. The summed E-state index contributed by atoms with van der Waals surface area (Å²) in [7, 11) is 2.11. The zero-order chi connectivity index (χ0) is 16.7. The van der Waals surface area contributed by atoms with Gasteiger partial charge in [-0.15, -0.1) is 0 Å². The van der Waals surface area contributed by atoms with Crippen molar-refractivity contribution in [1.29, 1.82) is 0 Å². The standard InChI is InChI=1S/C19H21N3O2/c1-19-10-11-20-17(19)22(2)16-9-8-14(12-15(16)19)24-18(23)21-13-6-4-3-5-7-13/h3-9,12,17,20H,10-11H2,1-2H3,(H,21,23)/t17-,19-/m1/s1. The van der Waals surface area contributed by atoms with Crippen LogP contribution in [0, 0.1) is 0 Å². The number of ether oxygens (including phenoxy) is 1. The number of carbonyl (C=O) groups excluding carboxylic acids is 1. The van der Waals surface area contributed by atoms with Crippen LogP contribution >= 0.6 is 0 Å². The van der Waals surface area contributed by atoms with E-state index in [0.717, 1.165) is 18.7 Å². The van der Waals surface area contributed by atoms with Crippen LogP contribution < -0.4 is 20.3 Å². The first-order chi connectivity index (χ1) is 11.6. The normalized spacial score (nSPS) is 24.4. The van der Waals surface area contributed by atoms with Crippen LogP contribution in [0.25, 0.3) is 0 Å². The molecule has 2 aromatic rings. The van der Waals surface area contributed by atoms with E-state index >= 15 is 0 Å². The Balaban J connectivity index is 1.55. The second kappa shape index (κ2) is 5.53. The molecule has 0 unspecified atom stereocenters. The number of anilines is 2. The number of fused-ring (bicyclic) bond motifs is 3. The number of nitrogens with zero attached hydrogens (tertiary/aromatic N) is 1. The van der Waals surface area contributed by atoms with Crippen molar-refractivity contribution < 1.29 is 9.53 Å². The third-order valence-corrected chi connectivity index (χ3v) is 5.17. The van der Waals surface area contributed by atoms with Gasteiger partial charge in [-0.2, -0.15) is 0 Å². The number of benzene rings is 2. The number of carbonyl (C=O) groups is 1. The average molecular weight is 323 g/mol. The van der Waals surface area contributed by atoms with Gasteiger partial charge in [0.25, 0.3) is 0 Å². The maximum Gasteiger partial charge on any atom is 0.417 e. The van der Waals surface area contributed by atoms with Gasteiger partial charge in [-0.3, -0.25) is 10.6 Å². The molecule has 1 amide bonds. The Bertz CT molecular complexity index is 777. The minimum Gasteiger partial charge on any atom is -0.410 e. The van der Waals surface area contributed by atoms with E-state index in [1.807, 2.05) is 48.5 Å². The Kier molecular flexibility index (Phi) is 3.46. The molecule has 0 saturated carbocycles. The summed E-state index contributed by atoms with van der Waals surface area (Å²) in [6.45, 7) is 3.28. The first-order valence-corrected chi connectivity index (χ1v) is 8.22. The predicted octanol–water partition coefficient (Wildman–Crippen LogP) is 3.32. The molecule has 2 N–H and O–H groups in total. The van der Waals surface area contributed by atoms with Crippen LogP contribution in [0.2, 0.25) is 0 Å². The third kappa shape index (κ3) is 2.32. The molecule has 124 valence electrons. The van der Waals surface area contributed by atoms with E-state index in [4.69, 9.17) is 4.74 Å². The van der Waals surface area contributed by atoms with Crippen LogP contribution in [-0.4, -0.2) is 25.9 Å². The van der Waals surface area contributed by atoms with Gasteiger partial charge >= 0.3 is 6.09 Å². The van der Waals surface area contributed by atoms with Gasteiger partial charge in [0, 0.05) is 23.8 Å². The fourth-order valence-corrected chi connectivity index (χ4v) is 3.93. The van der Waals surface area contributed by atoms with Gasteiger partial charge in [-0.25, -0.2) is 4.79 Å². The monoisotopic (exact) mass is 323 g/mol. The van der Waals surface area contributed by atoms with E-state index in [1.54, 1.807) is 0 Å². The van der Waals surface area contributed by atoms with Crippen LogP contribution in [0.15, 0.2) is 48.5 Å². The van der Waals surface area contributed by atoms with Gasteiger partial charge in [-0.1, -0.05) is 25.1 Å². The molecule has 5 nitrogen and oxygen atoms in total. The Hall–Kier alpha value is -2.53. The van der Waals surface area contributed by atoms with Crippen LogP contribution in [0.3, 0.4) is 0 Å². The number of likely N-dealkylation sites (N-methyl/N-ethyl adjacent to an activating group) is 1. The van der Waals surface area contributed by atoms with Crippen molar-refractivity contribution in [1.82, 2.24) is 5.32 Å². The Morgan fingerprint density at radius 3 is 2.88 bits per heavy atom. The number of rotatable bonds is 2. The Morgan fingerprint density at radius 2 is 2.08 bits per heavy atom. The Labute approximate surface area is 141 Å². The molecule has 1 fully saturated rings. The molecule has 2 heterocycles. The second-order valence-electron chi connectivity index (χ2n) is 6.69. The van der Waals surface area contributed by atoms with Crippen LogP contribution in [0.1, 0.15) is 18.9 Å². The second-order valence-corrected chi connectivity index (χ2v) is 6.69. The lowest BCUT2D eigenvalue weighted by Crippen LogP contribution is -2.44. The van der Waals surface area contributed by atoms with E-state index in [9.17, 15) is 4.79 Å². The number of hydrogen-bond donors (Lipinski definition) is 2. The zero-order valence-corrected chi connectivity index (χ0v) is 13.9. The maximum absolute atomic E-state index is 12.1. The highest BCUT2D eigenvalue weighted by atomic mass is 16.6. The quantitative estimate of drug-likeness (QED) is 0.890. The van der Waals surface area contributed by atoms with Gasteiger partial charge in [-0.05, 0) is 48.9 Å². The molecule has 2 aliphatic heterocycles. The van der Waals surface area contributed by atoms with E-state index in [-0.39, 0.29) is 5.41 Å². The molecule has 0 bridgehead atoms. The summed E-state index contributed by atoms with van der Waals surface area (Å²) < 4.78 is 5.48. The summed E-state index contributed by atoms with van der Waals surface area (Å²) >= 11 is 0. The summed E-state index contributed by atoms with van der Waals surface area (Å²) in [6.07, 6.45) is 0.911. The molecule has 2 atom stereocenters. The largest absolute Gasteiger partial charge is 0.417 e. The first kappa shape index (κ1) is 15.0. The highest BCUT2D eigenvalue weighted by molar-refractivity contribution is 5.86. The Morgan fingerprint density at radius 1 is 1.29 bits per heavy atom. The predicted molar refractivity (Wildman–Crippen MR) is 94.7 cm³/mol. The maximum atomic E-state index is 12.1. The molecule has 0 aliphatic carbocycles. The average Bonchev–Trinajstić information content (AvgIpc) is 3.05. The fraction of sp³-hybridized carbons (Fsp3) is 0.316. The molecule has 0 spiro atoms. The topological polar surface area (TPSA) is 53.6 Å². The highest BCUT2D eigenvalue weighted by Gasteiger charge is 2.49. The molecule has 4 rings (SSSR count). The van der Waals surface area contributed by atoms with Crippen LogP contribution in [0.5, 0.6) is 5.75 Å². The number of nitrogens with one attached hydrogen (secondary N) is 2. The van der Waals surface area contributed by atoms with Crippen molar-refractivity contribution in [2.45, 2.75) is 24.9 Å². The number of amides is 1. The van der Waals surface area contributed by atoms with Crippen molar-refractivity contribution in [2.75, 3.05) is 23.8 Å². The lowest BCUT2D eigenvalue weighted by atomic mass is 9.81. The van der Waals surface area contributed by atoms with Crippen molar-refractivity contribution >= 4 is 17.5 Å². The van der Waals surface area contributed by atoms with Crippen molar-refractivity contribution in [3.8, 4) is 5.75 Å². The van der Waals surface area contributed by atoms with Gasteiger partial charge < -0.3 is 9.64 Å². The van der Waals surface area contributed by atoms with Gasteiger partial charge in [0.1, 0.15) is 5.75 Å². The van der Waals surface area contributed by atoms with E-state index in [0.29, 0.717) is 11.9 Å². The summed E-state index contributed by atoms with van der Waals surface area (Å²) in [4.78, 5) is 14.4. The van der Waals surface area contributed by atoms with Gasteiger partial charge in [0.05, 0.1) is 6.17 Å². The summed E-state index contributed by atoms with van der Waals surface area (Å²) in [6, 6.07) is 15.2. The third-order valence-electron chi connectivity index (χ3n) is 5.17. The summed E-state index contributed by atoms with van der Waals surface area (Å²) in [5.41, 5.74) is 3.21. The minimum absolute atomic E-state index is 0.0549. The summed E-state index contributed by atoms with van der Waals surface area (Å²) in [5, 5.41) is 6.29. The molecule has 0 radical (unpaired) electrons. The van der Waals surface area contributed by atoms with Crippen molar-refractivity contribution in [3.05, 3.63) is 54.1 Å². The molecular formula is C19H21N3O2. The number of hydrogen-bond acceptors (Lipinski definition) is 4. The molecule has 1 saturated heterocycles. The molecule has 0 aromatic heterocycles. The zero-order valence-electron chi connectivity index (χ0n) is 13.9. The van der Waals surface area contributed by atoms with Gasteiger partial charge in [0.2, 0.25) is 0 Å². The smallest absolute Gasteiger partial charge is 0.410 e. The van der Waals surface area contributed by atoms with Crippen LogP contribution in [-0.2, 0) is 5.41 Å². The first-order valence-electron chi connectivity index (χ1n) is 8.22. The fourth-order valence-electron chi connectivity index (χ4n) is 3.93. The lowest BCUT2D eigenvalue weighted by Gasteiger charge is -2.27. The SMILES string of the molecule is CN1c2ccc(OC(=O)Nc3ccccc3)cc2[C@@]2(C)CCN[C@H]12. The van der Waals surface area contributed by atoms with Crippen molar-refractivity contribution in [3.63, 3.8) is 0 Å². The van der Waals surface area contributed by atoms with Gasteiger partial charge in [0.15, 0.2) is 0 Å². The minimum atomic E-state index is -0.473. The van der Waals surface area contributed by atoms with E-state index in [1.165, 1.54) is 11.3 Å². The van der Waals surface area contributed by atoms with E-state index < -0.39 is 6.09 Å². The molecule has 24 heavy (non-hydrogen) atoms. The van der Waals surface area contributed by atoms with Crippen molar-refractivity contribution in [2.24, 2.45) is 0 Å². The van der Waals surface area contributed by atoms with E-state index in [2.05, 4.69) is 29.5 Å². The summed E-state index contributed by atoms with van der Waals surface area (Å²) in [5.74, 6) is 0.573. The molecular weight excluding hydrogens is 302 g/mol. The lowest BCUT2D eigenvalue weighted by molar-refractivity contribution is 0.215. The molecule has 5 heteroatoms. The highest BCUT2D eigenvalue weighted by Crippen LogP contribution is 2.49. The van der Waals surface area contributed by atoms with Crippen LogP contribution in [0.4, 0.5) is 16.2 Å². The molecule has 2 aromatic carbocycles. The molecule has 2 aliphatic rings.